The standard InChI is InChI=1S/C23H18ClN5O2/c1-13-5-6-14(12-26-13)22(30)27-15-7-8-18(24)17(11-15)21-28-19-4-2-3-16-20(19)29(21)10-9-25-23(16)31/h2-8,11-12H,9-10H2,1H3,(H,25,31)(H,27,30). The highest BCUT2D eigenvalue weighted by molar-refractivity contribution is 6.33. The molecule has 154 valence electrons. The zero-order valence-corrected chi connectivity index (χ0v) is 17.4. The van der Waals surface area contributed by atoms with Crippen molar-refractivity contribution in [3.8, 4) is 11.4 Å². The first kappa shape index (κ1) is 19.3. The van der Waals surface area contributed by atoms with Gasteiger partial charge in [0, 0.05) is 36.2 Å². The molecule has 8 heteroatoms. The molecule has 2 aromatic heterocycles. The number of rotatable bonds is 3. The molecule has 1 aliphatic rings. The first-order valence-corrected chi connectivity index (χ1v) is 10.2. The normalized spacial score (nSPS) is 13.0. The summed E-state index contributed by atoms with van der Waals surface area (Å²) in [6, 6.07) is 14.3. The minimum atomic E-state index is -0.260. The number of nitrogens with zero attached hydrogens (tertiary/aromatic N) is 3. The maximum Gasteiger partial charge on any atom is 0.257 e. The fourth-order valence-electron chi connectivity index (χ4n) is 3.75. The molecule has 2 N–H and O–H groups in total. The Kier molecular flexibility index (Phi) is 4.67. The van der Waals surface area contributed by atoms with E-state index in [1.54, 1.807) is 42.6 Å². The SMILES string of the molecule is Cc1ccc(C(=O)Nc2ccc(Cl)c(-c3nc4cccc5c4n3CCNC5=O)c2)cn1. The Hall–Kier alpha value is -3.71. The fraction of sp³-hybridized carbons (Fsp3) is 0.130. The van der Waals surface area contributed by atoms with Gasteiger partial charge in [-0.05, 0) is 49.4 Å². The Labute approximate surface area is 183 Å². The summed E-state index contributed by atoms with van der Waals surface area (Å²) < 4.78 is 2.00. The predicted octanol–water partition coefficient (Wildman–Crippen LogP) is 4.06. The van der Waals surface area contributed by atoms with E-state index in [0.29, 0.717) is 46.3 Å². The topological polar surface area (TPSA) is 88.9 Å². The van der Waals surface area contributed by atoms with E-state index in [9.17, 15) is 9.59 Å². The summed E-state index contributed by atoms with van der Waals surface area (Å²) >= 11 is 6.53. The van der Waals surface area contributed by atoms with Crippen LogP contribution in [0.4, 0.5) is 5.69 Å². The summed E-state index contributed by atoms with van der Waals surface area (Å²) in [7, 11) is 0. The number of hydrogen-bond acceptors (Lipinski definition) is 4. The Morgan fingerprint density at radius 3 is 2.84 bits per heavy atom. The Bertz CT molecular complexity index is 1340. The van der Waals surface area contributed by atoms with Crippen molar-refractivity contribution in [3.05, 3.63) is 76.6 Å². The van der Waals surface area contributed by atoms with Crippen LogP contribution in [0.1, 0.15) is 26.4 Å². The van der Waals surface area contributed by atoms with Gasteiger partial charge in [-0.1, -0.05) is 17.7 Å². The van der Waals surface area contributed by atoms with Crippen LogP contribution in [0.15, 0.2) is 54.7 Å². The molecule has 0 unspecified atom stereocenters. The second-order valence-corrected chi connectivity index (χ2v) is 7.76. The van der Waals surface area contributed by atoms with Crippen LogP contribution in [0.2, 0.25) is 5.02 Å². The van der Waals surface area contributed by atoms with Crippen LogP contribution in [0.25, 0.3) is 22.4 Å². The maximum absolute atomic E-state index is 12.6. The minimum Gasteiger partial charge on any atom is -0.350 e. The monoisotopic (exact) mass is 431 g/mol. The van der Waals surface area contributed by atoms with E-state index in [1.807, 2.05) is 23.6 Å². The molecule has 7 nitrogen and oxygen atoms in total. The molecule has 0 bridgehead atoms. The summed E-state index contributed by atoms with van der Waals surface area (Å²) in [4.78, 5) is 33.9. The van der Waals surface area contributed by atoms with Crippen LogP contribution >= 0.6 is 11.6 Å². The summed E-state index contributed by atoms with van der Waals surface area (Å²) in [5, 5.41) is 6.30. The van der Waals surface area contributed by atoms with E-state index in [1.165, 1.54) is 0 Å². The quantitative estimate of drug-likeness (QED) is 0.512. The van der Waals surface area contributed by atoms with Crippen molar-refractivity contribution in [1.29, 1.82) is 0 Å². The number of pyridine rings is 1. The highest BCUT2D eigenvalue weighted by Gasteiger charge is 2.23. The molecule has 0 fully saturated rings. The van der Waals surface area contributed by atoms with Crippen molar-refractivity contribution in [2.75, 3.05) is 11.9 Å². The van der Waals surface area contributed by atoms with E-state index in [-0.39, 0.29) is 11.8 Å². The van der Waals surface area contributed by atoms with Gasteiger partial charge in [-0.2, -0.15) is 0 Å². The first-order chi connectivity index (χ1) is 15.0. The van der Waals surface area contributed by atoms with Crippen LogP contribution in [-0.4, -0.2) is 32.9 Å². The second kappa shape index (κ2) is 7.52. The number of aryl methyl sites for hydroxylation is 1. The molecule has 5 rings (SSSR count). The number of carbonyl (C=O) groups excluding carboxylic acids is 2. The van der Waals surface area contributed by atoms with Gasteiger partial charge in [0.25, 0.3) is 11.8 Å². The number of amides is 2. The average Bonchev–Trinajstić information content (AvgIpc) is 3.04. The minimum absolute atomic E-state index is 0.116. The Morgan fingerprint density at radius 2 is 2.03 bits per heavy atom. The molecule has 2 amide bonds. The van der Waals surface area contributed by atoms with Crippen LogP contribution in [-0.2, 0) is 6.54 Å². The third kappa shape index (κ3) is 3.43. The molecule has 4 aromatic rings. The van der Waals surface area contributed by atoms with Crippen LogP contribution < -0.4 is 10.6 Å². The number of imidazole rings is 1. The van der Waals surface area contributed by atoms with Gasteiger partial charge in [0.15, 0.2) is 0 Å². The molecule has 0 spiro atoms. The summed E-state index contributed by atoms with van der Waals surface area (Å²) in [6.07, 6.45) is 1.54. The fourth-order valence-corrected chi connectivity index (χ4v) is 3.95. The lowest BCUT2D eigenvalue weighted by Gasteiger charge is -2.11. The van der Waals surface area contributed by atoms with Gasteiger partial charge < -0.3 is 15.2 Å². The maximum atomic E-state index is 12.6. The molecule has 3 heterocycles. The number of aromatic nitrogens is 3. The summed E-state index contributed by atoms with van der Waals surface area (Å²) in [5.74, 6) is 0.274. The molecular weight excluding hydrogens is 414 g/mol. The molecule has 0 saturated heterocycles. The zero-order chi connectivity index (χ0) is 21.5. The van der Waals surface area contributed by atoms with E-state index >= 15 is 0 Å². The lowest BCUT2D eigenvalue weighted by atomic mass is 10.1. The largest absolute Gasteiger partial charge is 0.350 e. The van der Waals surface area contributed by atoms with Crippen molar-refractivity contribution >= 4 is 40.1 Å². The third-order valence-corrected chi connectivity index (χ3v) is 5.60. The van der Waals surface area contributed by atoms with Gasteiger partial charge in [-0.15, -0.1) is 0 Å². The van der Waals surface area contributed by atoms with Gasteiger partial charge in [0.05, 0.1) is 27.2 Å². The lowest BCUT2D eigenvalue weighted by molar-refractivity contribution is 0.0955. The lowest BCUT2D eigenvalue weighted by Crippen LogP contribution is -2.24. The molecule has 0 aliphatic carbocycles. The van der Waals surface area contributed by atoms with E-state index in [4.69, 9.17) is 16.6 Å². The van der Waals surface area contributed by atoms with Gasteiger partial charge in [0.2, 0.25) is 0 Å². The highest BCUT2D eigenvalue weighted by Crippen LogP contribution is 2.34. The van der Waals surface area contributed by atoms with Crippen molar-refractivity contribution in [1.82, 2.24) is 19.9 Å². The summed E-state index contributed by atoms with van der Waals surface area (Å²) in [5.41, 5.74) is 4.67. The van der Waals surface area contributed by atoms with Crippen LogP contribution in [0.5, 0.6) is 0 Å². The van der Waals surface area contributed by atoms with E-state index in [0.717, 1.165) is 16.7 Å². The van der Waals surface area contributed by atoms with Crippen molar-refractivity contribution in [2.24, 2.45) is 0 Å². The summed E-state index contributed by atoms with van der Waals surface area (Å²) in [6.45, 7) is 2.92. The van der Waals surface area contributed by atoms with Gasteiger partial charge in [-0.3, -0.25) is 14.6 Å². The number of hydrogen-bond donors (Lipinski definition) is 2. The van der Waals surface area contributed by atoms with Crippen LogP contribution in [0.3, 0.4) is 0 Å². The predicted molar refractivity (Wildman–Crippen MR) is 119 cm³/mol. The number of halogens is 1. The number of benzene rings is 2. The average molecular weight is 432 g/mol. The zero-order valence-electron chi connectivity index (χ0n) is 16.6. The first-order valence-electron chi connectivity index (χ1n) is 9.82. The van der Waals surface area contributed by atoms with Gasteiger partial charge in [-0.25, -0.2) is 4.98 Å². The number of para-hydroxylation sites is 1. The van der Waals surface area contributed by atoms with Crippen molar-refractivity contribution < 1.29 is 9.59 Å². The molecule has 31 heavy (non-hydrogen) atoms. The number of carbonyl (C=O) groups is 2. The van der Waals surface area contributed by atoms with Crippen molar-refractivity contribution in [2.45, 2.75) is 13.5 Å². The number of nitrogens with one attached hydrogen (secondary N) is 2. The van der Waals surface area contributed by atoms with Gasteiger partial charge in [0.1, 0.15) is 5.82 Å². The second-order valence-electron chi connectivity index (χ2n) is 7.35. The molecule has 0 saturated carbocycles. The Balaban J connectivity index is 1.57. The molecular formula is C23H18ClN5O2. The molecule has 2 aromatic carbocycles. The van der Waals surface area contributed by atoms with Crippen LogP contribution in [0, 0.1) is 6.92 Å². The highest BCUT2D eigenvalue weighted by atomic mass is 35.5. The van der Waals surface area contributed by atoms with Gasteiger partial charge >= 0.3 is 0 Å². The smallest absolute Gasteiger partial charge is 0.257 e. The molecule has 0 atom stereocenters. The third-order valence-electron chi connectivity index (χ3n) is 5.27. The molecule has 1 aliphatic heterocycles. The van der Waals surface area contributed by atoms with E-state index < -0.39 is 0 Å². The van der Waals surface area contributed by atoms with E-state index in [2.05, 4.69) is 15.6 Å². The molecule has 0 radical (unpaired) electrons. The Morgan fingerprint density at radius 1 is 1.16 bits per heavy atom. The number of anilines is 1. The van der Waals surface area contributed by atoms with Crippen molar-refractivity contribution in [3.63, 3.8) is 0 Å².